The molecule has 144 valence electrons. The molecular weight excluding hydrogens is 350 g/mol. The van der Waals surface area contributed by atoms with Gasteiger partial charge in [-0.1, -0.05) is 0 Å². The van der Waals surface area contributed by atoms with Gasteiger partial charge in [0, 0.05) is 61.7 Å². The van der Waals surface area contributed by atoms with Crippen molar-refractivity contribution < 1.29 is 19.1 Å². The van der Waals surface area contributed by atoms with Crippen molar-refractivity contribution in [2.24, 2.45) is 0 Å². The number of ether oxygens (including phenoxy) is 2. The number of aromatic amines is 1. The van der Waals surface area contributed by atoms with Gasteiger partial charge in [-0.15, -0.1) is 0 Å². The fourth-order valence-electron chi connectivity index (χ4n) is 2.95. The zero-order chi connectivity index (χ0) is 19.4. The van der Waals surface area contributed by atoms with Crippen LogP contribution in [0.15, 0.2) is 18.2 Å². The van der Waals surface area contributed by atoms with Crippen molar-refractivity contribution in [3.05, 3.63) is 35.2 Å². The fourth-order valence-corrected chi connectivity index (χ4v) is 2.95. The molecule has 3 N–H and O–H groups in total. The van der Waals surface area contributed by atoms with Crippen LogP contribution in [-0.4, -0.2) is 61.3 Å². The van der Waals surface area contributed by atoms with Gasteiger partial charge >= 0.3 is 0 Å². The minimum atomic E-state index is -0.330. The molecular formula is C18H23N5O4. The number of carbonyl (C=O) groups excluding carboxylic acids is 2. The van der Waals surface area contributed by atoms with E-state index in [9.17, 15) is 9.59 Å². The molecule has 0 saturated heterocycles. The van der Waals surface area contributed by atoms with Crippen LogP contribution < -0.4 is 20.1 Å². The fraction of sp³-hybridized carbons (Fsp3) is 0.389. The summed E-state index contributed by atoms with van der Waals surface area (Å²) >= 11 is 0. The SMILES string of the molecule is COc1cc(NC(=O)CN(C)C(=O)c2n[nH]c3c2CNCC3)cc(OC)c1. The largest absolute Gasteiger partial charge is 0.497 e. The first-order valence-electron chi connectivity index (χ1n) is 8.57. The zero-order valence-corrected chi connectivity index (χ0v) is 15.6. The highest BCUT2D eigenvalue weighted by atomic mass is 16.5. The van der Waals surface area contributed by atoms with Crippen LogP contribution in [0.1, 0.15) is 21.7 Å². The quantitative estimate of drug-likeness (QED) is 0.691. The number of anilines is 1. The first-order valence-corrected chi connectivity index (χ1v) is 8.57. The molecule has 0 spiro atoms. The molecule has 1 aromatic carbocycles. The molecule has 1 aliphatic heterocycles. The summed E-state index contributed by atoms with van der Waals surface area (Å²) in [6.07, 6.45) is 0.803. The molecule has 1 aliphatic rings. The van der Waals surface area contributed by atoms with Crippen molar-refractivity contribution in [2.75, 3.05) is 39.7 Å². The van der Waals surface area contributed by atoms with Crippen LogP contribution in [0.4, 0.5) is 5.69 Å². The van der Waals surface area contributed by atoms with Gasteiger partial charge in [-0.3, -0.25) is 14.7 Å². The molecule has 27 heavy (non-hydrogen) atoms. The van der Waals surface area contributed by atoms with E-state index in [0.717, 1.165) is 24.2 Å². The Balaban J connectivity index is 1.65. The van der Waals surface area contributed by atoms with Crippen LogP contribution in [0.5, 0.6) is 11.5 Å². The van der Waals surface area contributed by atoms with Gasteiger partial charge in [0.2, 0.25) is 5.91 Å². The number of H-pyrrole nitrogens is 1. The van der Waals surface area contributed by atoms with E-state index in [2.05, 4.69) is 20.8 Å². The molecule has 2 aromatic rings. The maximum atomic E-state index is 12.7. The number of rotatable bonds is 6. The van der Waals surface area contributed by atoms with E-state index >= 15 is 0 Å². The van der Waals surface area contributed by atoms with Crippen LogP contribution in [0.3, 0.4) is 0 Å². The smallest absolute Gasteiger partial charge is 0.274 e. The number of benzene rings is 1. The third-order valence-electron chi connectivity index (χ3n) is 4.37. The van der Waals surface area contributed by atoms with Crippen molar-refractivity contribution in [1.82, 2.24) is 20.4 Å². The van der Waals surface area contributed by atoms with Crippen molar-refractivity contribution in [2.45, 2.75) is 13.0 Å². The van der Waals surface area contributed by atoms with Crippen molar-refractivity contribution in [3.8, 4) is 11.5 Å². The molecule has 0 unspecified atom stereocenters. The molecule has 0 bridgehead atoms. The molecule has 3 rings (SSSR count). The Hall–Kier alpha value is -3.07. The summed E-state index contributed by atoms with van der Waals surface area (Å²) in [5.41, 5.74) is 2.73. The molecule has 0 radical (unpaired) electrons. The number of likely N-dealkylation sites (N-methyl/N-ethyl adjacent to an activating group) is 1. The Labute approximate surface area is 157 Å². The molecule has 2 amide bonds. The molecule has 2 heterocycles. The van der Waals surface area contributed by atoms with Crippen LogP contribution in [0.25, 0.3) is 0 Å². The molecule has 9 nitrogen and oxygen atoms in total. The average Bonchev–Trinajstić information content (AvgIpc) is 3.10. The highest BCUT2D eigenvalue weighted by molar-refractivity contribution is 5.99. The summed E-state index contributed by atoms with van der Waals surface area (Å²) in [7, 11) is 4.64. The van der Waals surface area contributed by atoms with Crippen molar-refractivity contribution >= 4 is 17.5 Å². The number of carbonyl (C=O) groups is 2. The lowest BCUT2D eigenvalue weighted by Gasteiger charge is -2.18. The van der Waals surface area contributed by atoms with Gasteiger partial charge in [0.05, 0.1) is 20.8 Å². The van der Waals surface area contributed by atoms with Gasteiger partial charge in [-0.25, -0.2) is 0 Å². The van der Waals surface area contributed by atoms with E-state index in [0.29, 0.717) is 29.4 Å². The number of hydrogen-bond acceptors (Lipinski definition) is 6. The van der Waals surface area contributed by atoms with Gasteiger partial charge in [0.1, 0.15) is 11.5 Å². The summed E-state index contributed by atoms with van der Waals surface area (Å²) in [4.78, 5) is 26.4. The molecule has 0 saturated carbocycles. The minimum absolute atomic E-state index is 0.104. The van der Waals surface area contributed by atoms with E-state index in [1.807, 2.05) is 0 Å². The number of methoxy groups -OCH3 is 2. The minimum Gasteiger partial charge on any atom is -0.497 e. The van der Waals surface area contributed by atoms with Crippen molar-refractivity contribution in [1.29, 1.82) is 0 Å². The second kappa shape index (κ2) is 8.09. The van der Waals surface area contributed by atoms with E-state index in [1.54, 1.807) is 25.2 Å². The predicted molar refractivity (Wildman–Crippen MR) is 99.1 cm³/mol. The lowest BCUT2D eigenvalue weighted by atomic mass is 10.1. The Kier molecular flexibility index (Phi) is 5.60. The first-order chi connectivity index (χ1) is 13.0. The number of amides is 2. The van der Waals surface area contributed by atoms with E-state index in [-0.39, 0.29) is 18.4 Å². The molecule has 1 aromatic heterocycles. The van der Waals surface area contributed by atoms with Crippen LogP contribution in [0, 0.1) is 0 Å². The lowest BCUT2D eigenvalue weighted by Crippen LogP contribution is -2.36. The monoisotopic (exact) mass is 373 g/mol. The van der Waals surface area contributed by atoms with Crippen LogP contribution in [-0.2, 0) is 17.8 Å². The summed E-state index contributed by atoms with van der Waals surface area (Å²) in [6, 6.07) is 5.07. The van der Waals surface area contributed by atoms with Gasteiger partial charge in [0.15, 0.2) is 5.69 Å². The van der Waals surface area contributed by atoms with Crippen molar-refractivity contribution in [3.63, 3.8) is 0 Å². The number of nitrogens with zero attached hydrogens (tertiary/aromatic N) is 2. The predicted octanol–water partition coefficient (Wildman–Crippen LogP) is 0.783. The number of hydrogen-bond donors (Lipinski definition) is 3. The number of aromatic nitrogens is 2. The van der Waals surface area contributed by atoms with Gasteiger partial charge in [-0.2, -0.15) is 5.10 Å². The highest BCUT2D eigenvalue weighted by Crippen LogP contribution is 2.25. The Morgan fingerprint density at radius 1 is 1.22 bits per heavy atom. The summed E-state index contributed by atoms with van der Waals surface area (Å²) in [5, 5.41) is 13.0. The van der Waals surface area contributed by atoms with Crippen LogP contribution >= 0.6 is 0 Å². The molecule has 0 atom stereocenters. The van der Waals surface area contributed by atoms with Gasteiger partial charge in [-0.05, 0) is 0 Å². The normalized spacial score (nSPS) is 12.9. The molecule has 0 fully saturated rings. The zero-order valence-electron chi connectivity index (χ0n) is 15.6. The molecule has 9 heteroatoms. The van der Waals surface area contributed by atoms with E-state index < -0.39 is 0 Å². The third kappa shape index (κ3) is 4.20. The standard InChI is InChI=1S/C18H23N5O4/c1-23(18(25)17-14-9-19-5-4-15(14)21-22-17)10-16(24)20-11-6-12(26-2)8-13(7-11)27-3/h6-8,19H,4-5,9-10H2,1-3H3,(H,20,24)(H,21,22). The Morgan fingerprint density at radius 3 is 2.59 bits per heavy atom. The lowest BCUT2D eigenvalue weighted by molar-refractivity contribution is -0.116. The van der Waals surface area contributed by atoms with Crippen LogP contribution in [0.2, 0.25) is 0 Å². The molecule has 0 aliphatic carbocycles. The first kappa shape index (κ1) is 18.7. The summed E-state index contributed by atoms with van der Waals surface area (Å²) in [6.45, 7) is 1.34. The second-order valence-electron chi connectivity index (χ2n) is 6.27. The van der Waals surface area contributed by atoms with Gasteiger partial charge < -0.3 is 25.0 Å². The highest BCUT2D eigenvalue weighted by Gasteiger charge is 2.25. The van der Waals surface area contributed by atoms with E-state index in [1.165, 1.54) is 19.1 Å². The number of nitrogens with one attached hydrogen (secondary N) is 3. The van der Waals surface area contributed by atoms with Gasteiger partial charge in [0.25, 0.3) is 5.91 Å². The maximum Gasteiger partial charge on any atom is 0.274 e. The average molecular weight is 373 g/mol. The Morgan fingerprint density at radius 2 is 1.93 bits per heavy atom. The van der Waals surface area contributed by atoms with E-state index in [4.69, 9.17) is 9.47 Å². The summed E-state index contributed by atoms with van der Waals surface area (Å²) < 4.78 is 10.4. The summed E-state index contributed by atoms with van der Waals surface area (Å²) in [5.74, 6) is 0.493. The topological polar surface area (TPSA) is 109 Å². The second-order valence-corrected chi connectivity index (χ2v) is 6.27. The Bertz CT molecular complexity index is 826. The number of fused-ring (bicyclic) bond motifs is 1. The maximum absolute atomic E-state index is 12.7. The third-order valence-corrected chi connectivity index (χ3v) is 4.37.